The van der Waals surface area contributed by atoms with Gasteiger partial charge < -0.3 is 9.67 Å². The van der Waals surface area contributed by atoms with Crippen molar-refractivity contribution in [3.8, 4) is 0 Å². The fourth-order valence-corrected chi connectivity index (χ4v) is 3.57. The second-order valence-corrected chi connectivity index (χ2v) is 6.77. The highest BCUT2D eigenvalue weighted by Crippen LogP contribution is 2.25. The first-order valence-corrected chi connectivity index (χ1v) is 8.82. The van der Waals surface area contributed by atoms with Gasteiger partial charge in [0, 0.05) is 18.4 Å². The van der Waals surface area contributed by atoms with Crippen molar-refractivity contribution in [2.24, 2.45) is 0 Å². The van der Waals surface area contributed by atoms with Crippen LogP contribution in [0.5, 0.6) is 0 Å². The van der Waals surface area contributed by atoms with Crippen LogP contribution in [0.25, 0.3) is 0 Å². The van der Waals surface area contributed by atoms with Crippen LogP contribution in [-0.4, -0.2) is 14.7 Å². The van der Waals surface area contributed by atoms with E-state index >= 15 is 0 Å². The van der Waals surface area contributed by atoms with Crippen molar-refractivity contribution in [1.82, 2.24) is 9.55 Å². The SMILES string of the molecule is Cc1cccc(Cn2c(CO)cnc2SCc2cc(F)cc(F)c2)c1. The fraction of sp³-hybridized carbons (Fsp3) is 0.211. The average molecular weight is 360 g/mol. The number of rotatable bonds is 6. The zero-order chi connectivity index (χ0) is 17.8. The standard InChI is InChI=1S/C19H18F2N2OS/c1-13-3-2-4-14(5-13)10-23-18(11-24)9-22-19(23)25-12-15-6-16(20)8-17(21)7-15/h2-9,24H,10-12H2,1H3. The number of imidazole rings is 1. The summed E-state index contributed by atoms with van der Waals surface area (Å²) < 4.78 is 28.6. The average Bonchev–Trinajstić information content (AvgIpc) is 2.94. The third-order valence-electron chi connectivity index (χ3n) is 3.78. The molecule has 3 rings (SSSR count). The highest BCUT2D eigenvalue weighted by molar-refractivity contribution is 7.98. The lowest BCUT2D eigenvalue weighted by atomic mass is 10.1. The lowest BCUT2D eigenvalue weighted by Gasteiger charge is -2.11. The van der Waals surface area contributed by atoms with Crippen molar-refractivity contribution in [1.29, 1.82) is 0 Å². The van der Waals surface area contributed by atoms with Gasteiger partial charge in [-0.25, -0.2) is 13.8 Å². The number of aliphatic hydroxyl groups excluding tert-OH is 1. The number of aliphatic hydroxyl groups is 1. The second kappa shape index (κ2) is 7.80. The minimum absolute atomic E-state index is 0.117. The number of hydrogen-bond acceptors (Lipinski definition) is 3. The van der Waals surface area contributed by atoms with Gasteiger partial charge in [0.15, 0.2) is 5.16 Å². The number of aryl methyl sites for hydroxylation is 1. The topological polar surface area (TPSA) is 38.0 Å². The summed E-state index contributed by atoms with van der Waals surface area (Å²) in [6.07, 6.45) is 1.63. The first kappa shape index (κ1) is 17.6. The number of nitrogens with zero attached hydrogens (tertiary/aromatic N) is 2. The molecule has 1 aromatic heterocycles. The third-order valence-corrected chi connectivity index (χ3v) is 4.84. The Bertz CT molecular complexity index is 859. The van der Waals surface area contributed by atoms with Crippen LogP contribution < -0.4 is 0 Å². The van der Waals surface area contributed by atoms with E-state index in [9.17, 15) is 13.9 Å². The van der Waals surface area contributed by atoms with Crippen molar-refractivity contribution >= 4 is 11.8 Å². The first-order chi connectivity index (χ1) is 12.0. The molecular weight excluding hydrogens is 342 g/mol. The van der Waals surface area contributed by atoms with E-state index in [1.165, 1.54) is 23.9 Å². The van der Waals surface area contributed by atoms with Gasteiger partial charge in [-0.3, -0.25) is 0 Å². The van der Waals surface area contributed by atoms with E-state index in [4.69, 9.17) is 0 Å². The first-order valence-electron chi connectivity index (χ1n) is 7.83. The summed E-state index contributed by atoms with van der Waals surface area (Å²) >= 11 is 1.38. The predicted molar refractivity (Wildman–Crippen MR) is 94.3 cm³/mol. The molecule has 0 amide bonds. The summed E-state index contributed by atoms with van der Waals surface area (Å²) in [5.74, 6) is -0.783. The van der Waals surface area contributed by atoms with Crippen LogP contribution in [0.15, 0.2) is 53.8 Å². The minimum atomic E-state index is -0.588. The molecule has 0 aliphatic rings. The summed E-state index contributed by atoms with van der Waals surface area (Å²) in [4.78, 5) is 4.34. The smallest absolute Gasteiger partial charge is 0.168 e. The summed E-state index contributed by atoms with van der Waals surface area (Å²) in [7, 11) is 0. The molecule has 0 radical (unpaired) electrons. The molecule has 130 valence electrons. The number of aromatic nitrogens is 2. The molecule has 6 heteroatoms. The van der Waals surface area contributed by atoms with Crippen LogP contribution in [0.2, 0.25) is 0 Å². The Morgan fingerprint density at radius 2 is 1.84 bits per heavy atom. The summed E-state index contributed by atoms with van der Waals surface area (Å²) in [5.41, 5.74) is 3.52. The van der Waals surface area contributed by atoms with Crippen LogP contribution in [-0.2, 0) is 18.9 Å². The van der Waals surface area contributed by atoms with Crippen LogP contribution in [0.3, 0.4) is 0 Å². The van der Waals surface area contributed by atoms with Gasteiger partial charge in [-0.2, -0.15) is 0 Å². The van der Waals surface area contributed by atoms with E-state index in [0.29, 0.717) is 28.7 Å². The van der Waals surface area contributed by atoms with Crippen molar-refractivity contribution in [3.63, 3.8) is 0 Å². The normalized spacial score (nSPS) is 11.0. The maximum atomic E-state index is 13.3. The van der Waals surface area contributed by atoms with Gasteiger partial charge >= 0.3 is 0 Å². The number of thioether (sulfide) groups is 1. The summed E-state index contributed by atoms with van der Waals surface area (Å²) in [5, 5.41) is 10.3. The molecule has 1 heterocycles. The second-order valence-electron chi connectivity index (χ2n) is 5.83. The molecule has 0 bridgehead atoms. The van der Waals surface area contributed by atoms with E-state index in [0.717, 1.165) is 17.2 Å². The molecule has 0 spiro atoms. The number of hydrogen-bond donors (Lipinski definition) is 1. The van der Waals surface area contributed by atoms with Crippen molar-refractivity contribution in [2.75, 3.05) is 0 Å². The molecule has 0 aliphatic carbocycles. The van der Waals surface area contributed by atoms with Gasteiger partial charge in [-0.1, -0.05) is 41.6 Å². The van der Waals surface area contributed by atoms with Gasteiger partial charge in [0.2, 0.25) is 0 Å². The highest BCUT2D eigenvalue weighted by Gasteiger charge is 2.12. The van der Waals surface area contributed by atoms with E-state index in [1.54, 1.807) is 6.20 Å². The third kappa shape index (κ3) is 4.46. The predicted octanol–water partition coefficient (Wildman–Crippen LogP) is 4.30. The molecule has 0 fully saturated rings. The Morgan fingerprint density at radius 1 is 1.08 bits per heavy atom. The van der Waals surface area contributed by atoms with Crippen LogP contribution in [0.4, 0.5) is 8.78 Å². The molecule has 0 unspecified atom stereocenters. The molecular formula is C19H18F2N2OS. The number of benzene rings is 2. The highest BCUT2D eigenvalue weighted by atomic mass is 32.2. The van der Waals surface area contributed by atoms with E-state index in [1.807, 2.05) is 29.7 Å². The van der Waals surface area contributed by atoms with Gasteiger partial charge in [0.05, 0.1) is 18.5 Å². The Morgan fingerprint density at radius 3 is 2.52 bits per heavy atom. The molecule has 0 saturated heterocycles. The van der Waals surface area contributed by atoms with Gasteiger partial charge in [-0.05, 0) is 30.2 Å². The Labute approximate surface area is 149 Å². The number of halogens is 2. The zero-order valence-corrected chi connectivity index (χ0v) is 14.6. The van der Waals surface area contributed by atoms with Crippen LogP contribution in [0, 0.1) is 18.6 Å². The molecule has 25 heavy (non-hydrogen) atoms. The van der Waals surface area contributed by atoms with Gasteiger partial charge in [0.25, 0.3) is 0 Å². The lowest BCUT2D eigenvalue weighted by Crippen LogP contribution is -2.06. The molecule has 3 nitrogen and oxygen atoms in total. The minimum Gasteiger partial charge on any atom is -0.390 e. The monoisotopic (exact) mass is 360 g/mol. The summed E-state index contributed by atoms with van der Waals surface area (Å²) in [6, 6.07) is 11.6. The quantitative estimate of drug-likeness (QED) is 0.666. The van der Waals surface area contributed by atoms with Crippen molar-refractivity contribution in [3.05, 3.63) is 82.7 Å². The molecule has 0 saturated carbocycles. The Kier molecular flexibility index (Phi) is 5.50. The fourth-order valence-electron chi connectivity index (χ4n) is 2.64. The van der Waals surface area contributed by atoms with Crippen LogP contribution >= 0.6 is 11.8 Å². The van der Waals surface area contributed by atoms with Crippen LogP contribution in [0.1, 0.15) is 22.4 Å². The Balaban J connectivity index is 1.80. The van der Waals surface area contributed by atoms with Gasteiger partial charge in [-0.15, -0.1) is 0 Å². The lowest BCUT2D eigenvalue weighted by molar-refractivity contribution is 0.270. The van der Waals surface area contributed by atoms with E-state index < -0.39 is 11.6 Å². The van der Waals surface area contributed by atoms with E-state index in [-0.39, 0.29) is 6.61 Å². The van der Waals surface area contributed by atoms with E-state index in [2.05, 4.69) is 11.1 Å². The summed E-state index contributed by atoms with van der Waals surface area (Å²) in [6.45, 7) is 2.49. The zero-order valence-electron chi connectivity index (χ0n) is 13.7. The maximum absolute atomic E-state index is 13.3. The maximum Gasteiger partial charge on any atom is 0.168 e. The Hall–Kier alpha value is -2.18. The largest absolute Gasteiger partial charge is 0.390 e. The van der Waals surface area contributed by atoms with Crippen molar-refractivity contribution < 1.29 is 13.9 Å². The van der Waals surface area contributed by atoms with Gasteiger partial charge in [0.1, 0.15) is 11.6 Å². The molecule has 3 aromatic rings. The molecule has 0 atom stereocenters. The molecule has 2 aromatic carbocycles. The molecule has 1 N–H and O–H groups in total. The van der Waals surface area contributed by atoms with Crippen molar-refractivity contribution in [2.45, 2.75) is 31.0 Å². The molecule has 0 aliphatic heterocycles.